The zero-order valence-corrected chi connectivity index (χ0v) is 29.2. The molecule has 0 saturated carbocycles. The summed E-state index contributed by atoms with van der Waals surface area (Å²) in [5.74, 6) is 0. The number of fused-ring (bicyclic) bond motifs is 11. The van der Waals surface area contributed by atoms with E-state index in [-0.39, 0.29) is 0 Å². The Hall–Kier alpha value is -6.42. The van der Waals surface area contributed by atoms with Crippen molar-refractivity contribution in [2.45, 2.75) is 6.92 Å². The standard InChI is InChI=1S/C49H30N2S/c1-29-9-6-11-35-28-42(38-15-8-24-50-48(38)45(29)35)34-21-20-32-25-31(18-19-33(32)26-34)30-10-7-12-36(27-30)47-41-23-22-39-37-13-3-5-17-44(37)52-49(39)46(41)40-14-2-4-16-43(40)51-47/h2-28H,1H3. The monoisotopic (exact) mass is 678 g/mol. The quantitative estimate of drug-likeness (QED) is 0.174. The van der Waals surface area contributed by atoms with Crippen LogP contribution in [0.2, 0.25) is 0 Å². The minimum Gasteiger partial charge on any atom is -0.256 e. The van der Waals surface area contributed by atoms with E-state index in [0.717, 1.165) is 22.3 Å². The number of benzene rings is 8. The summed E-state index contributed by atoms with van der Waals surface area (Å²) in [5, 5.41) is 12.4. The number of thiophene rings is 1. The fourth-order valence-corrected chi connectivity index (χ4v) is 9.57. The Morgan fingerprint density at radius 2 is 1.19 bits per heavy atom. The Balaban J connectivity index is 1.03. The van der Waals surface area contributed by atoms with Gasteiger partial charge in [-0.2, -0.15) is 0 Å². The molecule has 3 aromatic heterocycles. The lowest BCUT2D eigenvalue weighted by Gasteiger charge is -2.13. The number of rotatable bonds is 3. The van der Waals surface area contributed by atoms with Gasteiger partial charge in [-0.15, -0.1) is 11.3 Å². The summed E-state index contributed by atoms with van der Waals surface area (Å²) in [7, 11) is 0. The van der Waals surface area contributed by atoms with E-state index < -0.39 is 0 Å². The van der Waals surface area contributed by atoms with Gasteiger partial charge in [0.15, 0.2) is 0 Å². The molecule has 0 spiro atoms. The molecule has 0 fully saturated rings. The van der Waals surface area contributed by atoms with Gasteiger partial charge in [0.25, 0.3) is 0 Å². The highest BCUT2D eigenvalue weighted by atomic mass is 32.1. The fourth-order valence-electron chi connectivity index (χ4n) is 8.30. The van der Waals surface area contributed by atoms with E-state index in [4.69, 9.17) is 9.97 Å². The number of nitrogens with zero attached hydrogens (tertiary/aromatic N) is 2. The Morgan fingerprint density at radius 3 is 2.12 bits per heavy atom. The zero-order valence-electron chi connectivity index (χ0n) is 28.4. The van der Waals surface area contributed by atoms with Gasteiger partial charge in [-0.25, -0.2) is 4.98 Å². The largest absolute Gasteiger partial charge is 0.256 e. The normalized spacial score (nSPS) is 11.9. The molecule has 0 saturated heterocycles. The molecule has 0 aliphatic rings. The molecular weight excluding hydrogens is 649 g/mol. The number of hydrogen-bond acceptors (Lipinski definition) is 3. The van der Waals surface area contributed by atoms with Gasteiger partial charge >= 0.3 is 0 Å². The lowest BCUT2D eigenvalue weighted by atomic mass is 9.92. The van der Waals surface area contributed by atoms with E-state index in [2.05, 4.69) is 159 Å². The topological polar surface area (TPSA) is 25.8 Å². The van der Waals surface area contributed by atoms with E-state index in [0.29, 0.717) is 0 Å². The minimum atomic E-state index is 1.02. The molecule has 52 heavy (non-hydrogen) atoms. The second-order valence-electron chi connectivity index (χ2n) is 13.8. The van der Waals surface area contributed by atoms with Gasteiger partial charge in [0, 0.05) is 58.9 Å². The number of para-hydroxylation sites is 1. The van der Waals surface area contributed by atoms with Crippen molar-refractivity contribution in [3.05, 3.63) is 169 Å². The molecule has 2 nitrogen and oxygen atoms in total. The van der Waals surface area contributed by atoms with Gasteiger partial charge < -0.3 is 0 Å². The van der Waals surface area contributed by atoms with Gasteiger partial charge in [-0.1, -0.05) is 115 Å². The molecule has 3 heteroatoms. The van der Waals surface area contributed by atoms with Gasteiger partial charge in [0.05, 0.1) is 16.7 Å². The van der Waals surface area contributed by atoms with Crippen LogP contribution in [-0.2, 0) is 0 Å². The second-order valence-corrected chi connectivity index (χ2v) is 14.8. The lowest BCUT2D eigenvalue weighted by molar-refractivity contribution is 1.42. The van der Waals surface area contributed by atoms with Gasteiger partial charge in [-0.05, 0) is 93.4 Å². The van der Waals surface area contributed by atoms with Crippen molar-refractivity contribution in [3.63, 3.8) is 0 Å². The molecule has 0 aliphatic heterocycles. The third-order valence-corrected chi connectivity index (χ3v) is 12.0. The summed E-state index contributed by atoms with van der Waals surface area (Å²) < 4.78 is 2.64. The highest BCUT2D eigenvalue weighted by Crippen LogP contribution is 2.44. The molecule has 0 unspecified atom stereocenters. The molecule has 0 bridgehead atoms. The molecular formula is C49H30N2S. The number of aromatic nitrogens is 2. The molecule has 11 rings (SSSR count). The molecule has 0 aliphatic carbocycles. The van der Waals surface area contributed by atoms with E-state index in [1.807, 2.05) is 23.6 Å². The summed E-state index contributed by atoms with van der Waals surface area (Å²) in [5.41, 5.74) is 10.3. The third-order valence-electron chi connectivity index (χ3n) is 10.8. The van der Waals surface area contributed by atoms with Crippen molar-refractivity contribution in [2.24, 2.45) is 0 Å². The smallest absolute Gasteiger partial charge is 0.0789 e. The Bertz CT molecular complexity index is 3260. The SMILES string of the molecule is Cc1cccc2cc(-c3ccc4cc(-c5cccc(-c6nc7ccccc7c7c6ccc6c8ccccc8sc67)c5)ccc4c3)c3cccnc3c12. The maximum atomic E-state index is 5.30. The zero-order chi connectivity index (χ0) is 34.3. The fraction of sp³-hybridized carbons (Fsp3) is 0.0204. The number of pyridine rings is 2. The molecule has 0 atom stereocenters. The molecule has 11 aromatic rings. The predicted molar refractivity (Wildman–Crippen MR) is 223 cm³/mol. The molecule has 0 amide bonds. The first-order valence-electron chi connectivity index (χ1n) is 17.7. The van der Waals surface area contributed by atoms with Crippen LogP contribution in [0.3, 0.4) is 0 Å². The first-order valence-corrected chi connectivity index (χ1v) is 18.5. The maximum Gasteiger partial charge on any atom is 0.0789 e. The Kier molecular flexibility index (Phi) is 6.37. The number of aryl methyl sites for hydroxylation is 1. The summed E-state index contributed by atoms with van der Waals surface area (Å²) in [4.78, 5) is 10.1. The molecule has 3 heterocycles. The van der Waals surface area contributed by atoms with Crippen LogP contribution in [0.1, 0.15) is 5.56 Å². The van der Waals surface area contributed by atoms with Crippen molar-refractivity contribution in [3.8, 4) is 33.5 Å². The first kappa shape index (κ1) is 29.3. The Morgan fingerprint density at radius 1 is 0.462 bits per heavy atom. The van der Waals surface area contributed by atoms with E-state index >= 15 is 0 Å². The molecule has 8 aromatic carbocycles. The van der Waals surface area contributed by atoms with Gasteiger partial charge in [0.2, 0.25) is 0 Å². The summed E-state index contributed by atoms with van der Waals surface area (Å²) in [6.45, 7) is 2.17. The summed E-state index contributed by atoms with van der Waals surface area (Å²) in [6, 6.07) is 57.5. The van der Waals surface area contributed by atoms with Crippen molar-refractivity contribution in [1.29, 1.82) is 0 Å². The molecule has 242 valence electrons. The number of hydrogen-bond donors (Lipinski definition) is 0. The van der Waals surface area contributed by atoms with Crippen LogP contribution in [0.15, 0.2) is 164 Å². The van der Waals surface area contributed by atoms with Crippen molar-refractivity contribution in [1.82, 2.24) is 9.97 Å². The highest BCUT2D eigenvalue weighted by Gasteiger charge is 2.17. The third kappa shape index (κ3) is 4.43. The van der Waals surface area contributed by atoms with E-state index in [1.54, 1.807) is 0 Å². The van der Waals surface area contributed by atoms with Crippen molar-refractivity contribution >= 4 is 85.6 Å². The van der Waals surface area contributed by atoms with Crippen LogP contribution >= 0.6 is 11.3 Å². The van der Waals surface area contributed by atoms with Gasteiger partial charge in [0.1, 0.15) is 0 Å². The maximum absolute atomic E-state index is 5.30. The van der Waals surface area contributed by atoms with Crippen LogP contribution in [0.25, 0.3) is 108 Å². The second kappa shape index (κ2) is 11.3. The van der Waals surface area contributed by atoms with Gasteiger partial charge in [-0.3, -0.25) is 4.98 Å². The van der Waals surface area contributed by atoms with Crippen LogP contribution in [-0.4, -0.2) is 9.97 Å². The molecule has 0 N–H and O–H groups in total. The van der Waals surface area contributed by atoms with Crippen LogP contribution in [0.4, 0.5) is 0 Å². The van der Waals surface area contributed by atoms with Crippen LogP contribution in [0, 0.1) is 6.92 Å². The van der Waals surface area contributed by atoms with Crippen LogP contribution < -0.4 is 0 Å². The highest BCUT2D eigenvalue weighted by molar-refractivity contribution is 7.26. The minimum absolute atomic E-state index is 1.02. The average molecular weight is 679 g/mol. The average Bonchev–Trinajstić information content (AvgIpc) is 3.59. The lowest BCUT2D eigenvalue weighted by Crippen LogP contribution is -1.91. The van der Waals surface area contributed by atoms with Crippen LogP contribution in [0.5, 0.6) is 0 Å². The summed E-state index contributed by atoms with van der Waals surface area (Å²) >= 11 is 1.88. The first-order chi connectivity index (χ1) is 25.7. The predicted octanol–water partition coefficient (Wildman–Crippen LogP) is 13.9. The Labute approximate surface area is 304 Å². The van der Waals surface area contributed by atoms with Crippen molar-refractivity contribution < 1.29 is 0 Å². The summed E-state index contributed by atoms with van der Waals surface area (Å²) in [6.07, 6.45) is 1.90. The van der Waals surface area contributed by atoms with E-state index in [1.165, 1.54) is 91.1 Å². The van der Waals surface area contributed by atoms with E-state index in [9.17, 15) is 0 Å². The van der Waals surface area contributed by atoms with Crippen molar-refractivity contribution in [2.75, 3.05) is 0 Å². The molecule has 0 radical (unpaired) electrons.